The van der Waals surface area contributed by atoms with Crippen molar-refractivity contribution >= 4 is 38.1 Å². The van der Waals surface area contributed by atoms with Crippen LogP contribution in [-0.4, -0.2) is 14.3 Å². The number of carbonyl (C=O) groups excluding carboxylic acids is 1. The Hall–Kier alpha value is -3.07. The number of benzene rings is 3. The standard InChI is InChI=1S/C17H9F3N2O3S/c18-10-4-5-12(16(20)15(10)19)22-26(24,25)13-7-6-11-14-8(13)2-1-3-9(14)17(23)21-11/h1-7,22H,(H,21,23). The smallest absolute Gasteiger partial charge is 0.262 e. The second kappa shape index (κ2) is 5.46. The fraction of sp³-hybridized carbons (Fsp3) is 0. The molecule has 0 fully saturated rings. The van der Waals surface area contributed by atoms with Crippen LogP contribution in [0.3, 0.4) is 0 Å². The van der Waals surface area contributed by atoms with Crippen LogP contribution in [0.5, 0.6) is 0 Å². The average molecular weight is 378 g/mol. The summed E-state index contributed by atoms with van der Waals surface area (Å²) in [6, 6.07) is 8.62. The Balaban J connectivity index is 1.87. The van der Waals surface area contributed by atoms with Crippen molar-refractivity contribution in [3.05, 3.63) is 65.5 Å². The Morgan fingerprint density at radius 1 is 0.923 bits per heavy atom. The second-order valence-corrected chi connectivity index (χ2v) is 7.27. The number of hydrogen-bond donors (Lipinski definition) is 2. The number of sulfonamides is 1. The van der Waals surface area contributed by atoms with Gasteiger partial charge in [-0.2, -0.15) is 0 Å². The molecule has 1 heterocycles. The molecule has 4 rings (SSSR count). The molecule has 26 heavy (non-hydrogen) atoms. The zero-order valence-electron chi connectivity index (χ0n) is 12.8. The van der Waals surface area contributed by atoms with Gasteiger partial charge in [-0.05, 0) is 30.3 Å². The molecule has 2 N–H and O–H groups in total. The Morgan fingerprint density at radius 3 is 2.46 bits per heavy atom. The summed E-state index contributed by atoms with van der Waals surface area (Å²) in [5.41, 5.74) is 0.0495. The second-order valence-electron chi connectivity index (χ2n) is 5.62. The summed E-state index contributed by atoms with van der Waals surface area (Å²) in [7, 11) is -4.33. The zero-order valence-corrected chi connectivity index (χ0v) is 13.6. The normalized spacial score (nSPS) is 13.1. The van der Waals surface area contributed by atoms with Gasteiger partial charge >= 0.3 is 0 Å². The minimum Gasteiger partial charge on any atom is -0.321 e. The molecule has 0 aliphatic carbocycles. The summed E-state index contributed by atoms with van der Waals surface area (Å²) in [4.78, 5) is 11.7. The summed E-state index contributed by atoms with van der Waals surface area (Å²) in [5, 5.41) is 3.28. The van der Waals surface area contributed by atoms with Crippen molar-refractivity contribution in [1.82, 2.24) is 0 Å². The highest BCUT2D eigenvalue weighted by atomic mass is 32.2. The number of anilines is 2. The van der Waals surface area contributed by atoms with Gasteiger partial charge in [0, 0.05) is 22.0 Å². The lowest BCUT2D eigenvalue weighted by atomic mass is 10.1. The van der Waals surface area contributed by atoms with Crippen molar-refractivity contribution in [2.75, 3.05) is 10.0 Å². The van der Waals surface area contributed by atoms with E-state index in [1.165, 1.54) is 24.3 Å². The molecule has 0 spiro atoms. The van der Waals surface area contributed by atoms with Crippen molar-refractivity contribution in [2.24, 2.45) is 0 Å². The van der Waals surface area contributed by atoms with Crippen LogP contribution in [0.15, 0.2) is 47.4 Å². The van der Waals surface area contributed by atoms with Crippen molar-refractivity contribution in [1.29, 1.82) is 0 Å². The number of carbonyl (C=O) groups is 1. The first-order chi connectivity index (χ1) is 12.3. The van der Waals surface area contributed by atoms with Crippen LogP contribution in [0.4, 0.5) is 24.5 Å². The molecule has 3 aromatic rings. The summed E-state index contributed by atoms with van der Waals surface area (Å²) in [6.07, 6.45) is 0. The van der Waals surface area contributed by atoms with E-state index in [2.05, 4.69) is 5.32 Å². The first kappa shape index (κ1) is 16.4. The molecule has 1 aliphatic heterocycles. The summed E-state index contributed by atoms with van der Waals surface area (Å²) in [5.74, 6) is -5.21. The van der Waals surface area contributed by atoms with Crippen LogP contribution in [0, 0.1) is 17.5 Å². The summed E-state index contributed by atoms with van der Waals surface area (Å²) in [6.45, 7) is 0. The highest BCUT2D eigenvalue weighted by Gasteiger charge is 2.27. The van der Waals surface area contributed by atoms with E-state index in [0.29, 0.717) is 22.7 Å². The fourth-order valence-electron chi connectivity index (χ4n) is 2.90. The maximum atomic E-state index is 13.8. The lowest BCUT2D eigenvalue weighted by Gasteiger charge is -2.12. The monoisotopic (exact) mass is 378 g/mol. The first-order valence-corrected chi connectivity index (χ1v) is 8.81. The molecule has 0 saturated heterocycles. The maximum Gasteiger partial charge on any atom is 0.262 e. The van der Waals surface area contributed by atoms with E-state index < -0.39 is 33.2 Å². The molecule has 0 radical (unpaired) electrons. The van der Waals surface area contributed by atoms with E-state index in [1.807, 2.05) is 4.72 Å². The van der Waals surface area contributed by atoms with E-state index in [-0.39, 0.29) is 16.2 Å². The molecule has 5 nitrogen and oxygen atoms in total. The van der Waals surface area contributed by atoms with Gasteiger partial charge in [0.2, 0.25) is 0 Å². The van der Waals surface area contributed by atoms with Gasteiger partial charge in [-0.3, -0.25) is 9.52 Å². The number of rotatable bonds is 3. The van der Waals surface area contributed by atoms with Gasteiger partial charge in [-0.15, -0.1) is 0 Å². The van der Waals surface area contributed by atoms with Crippen LogP contribution in [0.2, 0.25) is 0 Å². The van der Waals surface area contributed by atoms with Crippen LogP contribution in [-0.2, 0) is 10.0 Å². The molecule has 0 unspecified atom stereocenters. The SMILES string of the molecule is O=C1Nc2ccc(S(=O)(=O)Nc3ccc(F)c(F)c3F)c3cccc1c23. The van der Waals surface area contributed by atoms with Crippen molar-refractivity contribution in [2.45, 2.75) is 4.90 Å². The lowest BCUT2D eigenvalue weighted by Crippen LogP contribution is -2.15. The Kier molecular flexibility index (Phi) is 3.45. The summed E-state index contributed by atoms with van der Waals surface area (Å²) >= 11 is 0. The van der Waals surface area contributed by atoms with Crippen molar-refractivity contribution < 1.29 is 26.4 Å². The molecule has 3 aromatic carbocycles. The average Bonchev–Trinajstić information content (AvgIpc) is 2.93. The Morgan fingerprint density at radius 2 is 1.69 bits per heavy atom. The van der Waals surface area contributed by atoms with Gasteiger partial charge in [0.1, 0.15) is 0 Å². The minimum absolute atomic E-state index is 0.223. The lowest BCUT2D eigenvalue weighted by molar-refractivity contribution is 0.103. The highest BCUT2D eigenvalue weighted by molar-refractivity contribution is 7.93. The molecule has 1 amide bonds. The predicted molar refractivity (Wildman–Crippen MR) is 89.0 cm³/mol. The molecule has 132 valence electrons. The van der Waals surface area contributed by atoms with E-state index in [9.17, 15) is 26.4 Å². The molecule has 1 aliphatic rings. The van der Waals surface area contributed by atoms with E-state index in [0.717, 1.165) is 6.07 Å². The number of amides is 1. The van der Waals surface area contributed by atoms with Gasteiger partial charge in [0.05, 0.1) is 10.6 Å². The molecule has 0 aromatic heterocycles. The van der Waals surface area contributed by atoms with Gasteiger partial charge < -0.3 is 5.32 Å². The molecule has 0 bridgehead atoms. The molecular formula is C17H9F3N2O3S. The van der Waals surface area contributed by atoms with Gasteiger partial charge in [0.25, 0.3) is 15.9 Å². The minimum atomic E-state index is -4.33. The van der Waals surface area contributed by atoms with E-state index >= 15 is 0 Å². The molecule has 0 atom stereocenters. The largest absolute Gasteiger partial charge is 0.321 e. The third kappa shape index (κ3) is 2.31. The van der Waals surface area contributed by atoms with Crippen LogP contribution < -0.4 is 10.0 Å². The third-order valence-electron chi connectivity index (χ3n) is 4.06. The number of nitrogens with one attached hydrogen (secondary N) is 2. The Labute approximate surface area is 145 Å². The van der Waals surface area contributed by atoms with Crippen molar-refractivity contribution in [3.63, 3.8) is 0 Å². The first-order valence-electron chi connectivity index (χ1n) is 7.33. The van der Waals surface area contributed by atoms with Gasteiger partial charge in [0.15, 0.2) is 17.5 Å². The van der Waals surface area contributed by atoms with Crippen LogP contribution in [0.1, 0.15) is 10.4 Å². The van der Waals surface area contributed by atoms with Gasteiger partial charge in [-0.25, -0.2) is 21.6 Å². The predicted octanol–water partition coefficient (Wildman–Crippen LogP) is 3.62. The Bertz CT molecular complexity index is 1210. The fourth-order valence-corrected chi connectivity index (χ4v) is 4.17. The molecular weight excluding hydrogens is 369 g/mol. The topological polar surface area (TPSA) is 75.3 Å². The van der Waals surface area contributed by atoms with E-state index in [4.69, 9.17) is 0 Å². The van der Waals surface area contributed by atoms with Crippen LogP contribution >= 0.6 is 0 Å². The van der Waals surface area contributed by atoms with Gasteiger partial charge in [-0.1, -0.05) is 12.1 Å². The zero-order chi connectivity index (χ0) is 18.6. The van der Waals surface area contributed by atoms with Crippen molar-refractivity contribution in [3.8, 4) is 0 Å². The van der Waals surface area contributed by atoms with Crippen LogP contribution in [0.25, 0.3) is 10.8 Å². The highest BCUT2D eigenvalue weighted by Crippen LogP contribution is 2.37. The summed E-state index contributed by atoms with van der Waals surface area (Å²) < 4.78 is 67.5. The number of halogens is 3. The third-order valence-corrected chi connectivity index (χ3v) is 5.49. The maximum absolute atomic E-state index is 13.8. The number of hydrogen-bond acceptors (Lipinski definition) is 3. The van der Waals surface area contributed by atoms with E-state index in [1.54, 1.807) is 6.07 Å². The molecule has 0 saturated carbocycles. The quantitative estimate of drug-likeness (QED) is 0.684. The molecule has 9 heteroatoms.